The second-order valence-electron chi connectivity index (χ2n) is 5.81. The summed E-state index contributed by atoms with van der Waals surface area (Å²) < 4.78 is 0. The number of rotatable bonds is 1. The Labute approximate surface area is 104 Å². The van der Waals surface area contributed by atoms with Crippen LogP contribution in [0.5, 0.6) is 0 Å². The zero-order valence-corrected chi connectivity index (χ0v) is 10.7. The normalized spacial score (nSPS) is 24.9. The van der Waals surface area contributed by atoms with Gasteiger partial charge in [-0.2, -0.15) is 0 Å². The molecule has 1 fully saturated rings. The number of hydrogen-bond donors (Lipinski definition) is 1. The highest BCUT2D eigenvalue weighted by molar-refractivity contribution is 5.43. The Hall–Kier alpha value is -0.820. The van der Waals surface area contributed by atoms with Gasteiger partial charge in [0, 0.05) is 0 Å². The van der Waals surface area contributed by atoms with Gasteiger partial charge in [-0.05, 0) is 61.6 Å². The molecule has 92 valence electrons. The van der Waals surface area contributed by atoms with E-state index in [0.29, 0.717) is 0 Å². The Bertz CT molecular complexity index is 416. The summed E-state index contributed by atoms with van der Waals surface area (Å²) in [5, 5.41) is 10.2. The zero-order chi connectivity index (χ0) is 11.8. The van der Waals surface area contributed by atoms with E-state index >= 15 is 0 Å². The molecule has 1 atom stereocenters. The SMILES string of the molecule is Cc1cc2c(c(C3CCCC3)c1)CCCC2O. The average Bonchev–Trinajstić information content (AvgIpc) is 2.83. The summed E-state index contributed by atoms with van der Waals surface area (Å²) in [6, 6.07) is 4.59. The Morgan fingerprint density at radius 2 is 1.71 bits per heavy atom. The summed E-state index contributed by atoms with van der Waals surface area (Å²) in [6.07, 6.45) is 8.54. The van der Waals surface area contributed by atoms with Gasteiger partial charge in [0.05, 0.1) is 6.10 Å². The molecule has 0 aliphatic heterocycles. The van der Waals surface area contributed by atoms with Crippen molar-refractivity contribution in [3.05, 3.63) is 34.4 Å². The maximum absolute atomic E-state index is 10.2. The first kappa shape index (κ1) is 11.3. The third-order valence-corrected chi connectivity index (χ3v) is 4.52. The number of fused-ring (bicyclic) bond motifs is 1. The molecule has 1 aromatic carbocycles. The van der Waals surface area contributed by atoms with Crippen LogP contribution < -0.4 is 0 Å². The lowest BCUT2D eigenvalue weighted by Crippen LogP contribution is -2.13. The molecule has 0 saturated heterocycles. The van der Waals surface area contributed by atoms with Crippen LogP contribution >= 0.6 is 0 Å². The summed E-state index contributed by atoms with van der Waals surface area (Å²) >= 11 is 0. The molecule has 1 unspecified atom stereocenters. The first-order valence-corrected chi connectivity index (χ1v) is 7.07. The maximum Gasteiger partial charge on any atom is 0.0793 e. The predicted octanol–water partition coefficient (Wildman–Crippen LogP) is 4.02. The van der Waals surface area contributed by atoms with E-state index in [-0.39, 0.29) is 6.10 Å². The minimum absolute atomic E-state index is 0.209. The standard InChI is InChI=1S/C16H22O/c1-11-9-14(12-5-2-3-6-12)13-7-4-8-16(17)15(13)10-11/h9-10,12,16-17H,2-8H2,1H3. The largest absolute Gasteiger partial charge is 0.388 e. The molecule has 0 radical (unpaired) electrons. The monoisotopic (exact) mass is 230 g/mol. The van der Waals surface area contributed by atoms with Crippen LogP contribution in [0.1, 0.15) is 72.8 Å². The quantitative estimate of drug-likeness (QED) is 0.772. The fourth-order valence-electron chi connectivity index (χ4n) is 3.69. The van der Waals surface area contributed by atoms with Crippen LogP contribution in [0.4, 0.5) is 0 Å². The van der Waals surface area contributed by atoms with Gasteiger partial charge in [0.25, 0.3) is 0 Å². The highest BCUT2D eigenvalue weighted by Crippen LogP contribution is 2.41. The third kappa shape index (κ3) is 2.01. The Balaban J connectivity index is 2.07. The van der Waals surface area contributed by atoms with Crippen molar-refractivity contribution in [3.63, 3.8) is 0 Å². The molecule has 1 heteroatoms. The van der Waals surface area contributed by atoms with E-state index < -0.39 is 0 Å². The summed E-state index contributed by atoms with van der Waals surface area (Å²) in [5.41, 5.74) is 5.61. The van der Waals surface area contributed by atoms with E-state index in [1.54, 1.807) is 5.56 Å². The van der Waals surface area contributed by atoms with Crippen molar-refractivity contribution in [2.45, 2.75) is 63.9 Å². The van der Waals surface area contributed by atoms with Gasteiger partial charge in [-0.15, -0.1) is 0 Å². The van der Waals surface area contributed by atoms with Gasteiger partial charge in [0.15, 0.2) is 0 Å². The predicted molar refractivity (Wildman–Crippen MR) is 70.3 cm³/mol. The molecule has 0 bridgehead atoms. The molecule has 1 nitrogen and oxygen atoms in total. The third-order valence-electron chi connectivity index (χ3n) is 4.52. The molecule has 2 aliphatic carbocycles. The van der Waals surface area contributed by atoms with E-state index in [2.05, 4.69) is 19.1 Å². The number of aliphatic hydroxyl groups excluding tert-OH is 1. The van der Waals surface area contributed by atoms with Gasteiger partial charge in [0.2, 0.25) is 0 Å². The molecular weight excluding hydrogens is 208 g/mol. The number of benzene rings is 1. The van der Waals surface area contributed by atoms with Gasteiger partial charge in [0.1, 0.15) is 0 Å². The fraction of sp³-hybridized carbons (Fsp3) is 0.625. The Morgan fingerprint density at radius 3 is 2.47 bits per heavy atom. The van der Waals surface area contributed by atoms with Crippen LogP contribution in [0.3, 0.4) is 0 Å². The van der Waals surface area contributed by atoms with Crippen molar-refractivity contribution in [3.8, 4) is 0 Å². The topological polar surface area (TPSA) is 20.2 Å². The molecule has 2 aliphatic rings. The highest BCUT2D eigenvalue weighted by atomic mass is 16.3. The molecule has 0 aromatic heterocycles. The summed E-state index contributed by atoms with van der Waals surface area (Å²) in [4.78, 5) is 0. The minimum Gasteiger partial charge on any atom is -0.388 e. The fourth-order valence-corrected chi connectivity index (χ4v) is 3.69. The molecule has 1 aromatic rings. The summed E-state index contributed by atoms with van der Waals surface area (Å²) in [6.45, 7) is 2.17. The van der Waals surface area contributed by atoms with E-state index in [0.717, 1.165) is 18.8 Å². The van der Waals surface area contributed by atoms with Gasteiger partial charge in [-0.25, -0.2) is 0 Å². The van der Waals surface area contributed by atoms with Crippen LogP contribution in [0.2, 0.25) is 0 Å². The van der Waals surface area contributed by atoms with Gasteiger partial charge in [-0.3, -0.25) is 0 Å². The van der Waals surface area contributed by atoms with Crippen LogP contribution in [0.25, 0.3) is 0 Å². The van der Waals surface area contributed by atoms with Crippen molar-refractivity contribution < 1.29 is 5.11 Å². The lowest BCUT2D eigenvalue weighted by atomic mass is 9.81. The van der Waals surface area contributed by atoms with Crippen LogP contribution in [-0.2, 0) is 6.42 Å². The Kier molecular flexibility index (Phi) is 2.96. The second-order valence-corrected chi connectivity index (χ2v) is 5.81. The lowest BCUT2D eigenvalue weighted by molar-refractivity contribution is 0.156. The molecule has 0 heterocycles. The summed E-state index contributed by atoms with van der Waals surface area (Å²) in [5.74, 6) is 0.772. The van der Waals surface area contributed by atoms with E-state index in [9.17, 15) is 5.11 Å². The van der Waals surface area contributed by atoms with E-state index in [4.69, 9.17) is 0 Å². The smallest absolute Gasteiger partial charge is 0.0793 e. The first-order chi connectivity index (χ1) is 8.25. The van der Waals surface area contributed by atoms with Gasteiger partial charge < -0.3 is 5.11 Å². The van der Waals surface area contributed by atoms with Crippen molar-refractivity contribution >= 4 is 0 Å². The van der Waals surface area contributed by atoms with E-state index in [1.165, 1.54) is 48.8 Å². The van der Waals surface area contributed by atoms with Crippen LogP contribution in [0, 0.1) is 6.92 Å². The van der Waals surface area contributed by atoms with Crippen LogP contribution in [-0.4, -0.2) is 5.11 Å². The zero-order valence-electron chi connectivity index (χ0n) is 10.7. The summed E-state index contributed by atoms with van der Waals surface area (Å²) in [7, 11) is 0. The lowest BCUT2D eigenvalue weighted by Gasteiger charge is -2.27. The molecule has 17 heavy (non-hydrogen) atoms. The van der Waals surface area contributed by atoms with Gasteiger partial charge >= 0.3 is 0 Å². The van der Waals surface area contributed by atoms with E-state index in [1.807, 2.05) is 0 Å². The van der Waals surface area contributed by atoms with Crippen molar-refractivity contribution in [2.24, 2.45) is 0 Å². The minimum atomic E-state index is -0.209. The van der Waals surface area contributed by atoms with Crippen molar-refractivity contribution in [1.82, 2.24) is 0 Å². The van der Waals surface area contributed by atoms with Crippen molar-refractivity contribution in [2.75, 3.05) is 0 Å². The molecule has 0 amide bonds. The number of hydrogen-bond acceptors (Lipinski definition) is 1. The molecule has 1 saturated carbocycles. The molecular formula is C16H22O. The number of aliphatic hydroxyl groups is 1. The first-order valence-electron chi connectivity index (χ1n) is 7.07. The highest BCUT2D eigenvalue weighted by Gasteiger charge is 2.26. The number of aryl methyl sites for hydroxylation is 1. The van der Waals surface area contributed by atoms with Crippen molar-refractivity contribution in [1.29, 1.82) is 0 Å². The van der Waals surface area contributed by atoms with Crippen LogP contribution in [0.15, 0.2) is 12.1 Å². The molecule has 0 spiro atoms. The maximum atomic E-state index is 10.2. The second kappa shape index (κ2) is 4.45. The molecule has 3 rings (SSSR count). The Morgan fingerprint density at radius 1 is 1.00 bits per heavy atom. The average molecular weight is 230 g/mol. The molecule has 1 N–H and O–H groups in total. The van der Waals surface area contributed by atoms with Gasteiger partial charge in [-0.1, -0.05) is 30.5 Å².